The summed E-state index contributed by atoms with van der Waals surface area (Å²) in [6.45, 7) is 1.84. The molecule has 0 aliphatic rings. The number of anilines is 1. The van der Waals surface area contributed by atoms with E-state index in [-0.39, 0.29) is 0 Å². The highest BCUT2D eigenvalue weighted by Crippen LogP contribution is 2.04. The van der Waals surface area contributed by atoms with Crippen molar-refractivity contribution in [2.75, 3.05) is 5.73 Å². The van der Waals surface area contributed by atoms with Crippen LogP contribution in [0.4, 0.5) is 5.82 Å². The van der Waals surface area contributed by atoms with Gasteiger partial charge in [-0.05, 0) is 29.5 Å². The van der Waals surface area contributed by atoms with Crippen LogP contribution in [0.1, 0.15) is 5.69 Å². The van der Waals surface area contributed by atoms with Gasteiger partial charge in [0.05, 0.1) is 11.9 Å². The summed E-state index contributed by atoms with van der Waals surface area (Å²) in [7, 11) is 0. The van der Waals surface area contributed by atoms with Crippen molar-refractivity contribution < 1.29 is 0 Å². The third kappa shape index (κ3) is 1.51. The fourth-order valence-electron chi connectivity index (χ4n) is 0.463. The van der Waals surface area contributed by atoms with Crippen LogP contribution in [0.5, 0.6) is 0 Å². The quantitative estimate of drug-likeness (QED) is 0.681. The van der Waals surface area contributed by atoms with Crippen LogP contribution < -0.4 is 5.73 Å². The molecule has 0 saturated carbocycles. The second-order valence-corrected chi connectivity index (χ2v) is 2.77. The summed E-state index contributed by atoms with van der Waals surface area (Å²) in [5, 5.41) is 0. The smallest absolute Gasteiger partial charge is 0.144 e. The normalized spacial score (nSPS) is 9.56. The summed E-state index contributed by atoms with van der Waals surface area (Å²) in [6, 6.07) is 0. The maximum absolute atomic E-state index is 5.41. The minimum absolute atomic E-state index is 0.510. The lowest BCUT2D eigenvalue weighted by Crippen LogP contribution is -1.97. The largest absolute Gasteiger partial charge is 0.382 e. The van der Waals surface area contributed by atoms with Crippen LogP contribution in [0, 0.1) is 10.6 Å². The summed E-state index contributed by atoms with van der Waals surface area (Å²) < 4.78 is 0.874. The average Bonchev–Trinajstić information content (AvgIpc) is 1.80. The van der Waals surface area contributed by atoms with Crippen molar-refractivity contribution in [1.82, 2.24) is 9.97 Å². The van der Waals surface area contributed by atoms with E-state index in [1.54, 1.807) is 6.20 Å². The second kappa shape index (κ2) is 2.47. The third-order valence-electron chi connectivity index (χ3n) is 0.955. The molecule has 0 saturated heterocycles. The van der Waals surface area contributed by atoms with Crippen LogP contribution in [-0.4, -0.2) is 9.97 Å². The van der Waals surface area contributed by atoms with Crippen LogP contribution in [0.2, 0.25) is 0 Å². The van der Waals surface area contributed by atoms with Gasteiger partial charge >= 0.3 is 0 Å². The van der Waals surface area contributed by atoms with E-state index in [9.17, 15) is 0 Å². The highest BCUT2D eigenvalue weighted by molar-refractivity contribution is 14.1. The molecule has 0 aliphatic heterocycles. The number of nitrogens with two attached hydrogens (primary N) is 1. The van der Waals surface area contributed by atoms with Crippen LogP contribution in [0.3, 0.4) is 0 Å². The fraction of sp³-hybridized carbons (Fsp3) is 0.200. The zero-order valence-corrected chi connectivity index (χ0v) is 7.08. The molecular weight excluding hydrogens is 229 g/mol. The van der Waals surface area contributed by atoms with Gasteiger partial charge in [0.1, 0.15) is 9.52 Å². The Morgan fingerprint density at radius 3 is 2.78 bits per heavy atom. The van der Waals surface area contributed by atoms with Gasteiger partial charge in [0.15, 0.2) is 0 Å². The van der Waals surface area contributed by atoms with Gasteiger partial charge in [-0.15, -0.1) is 0 Å². The molecule has 0 spiro atoms. The summed E-state index contributed by atoms with van der Waals surface area (Å²) in [6.07, 6.45) is 1.64. The van der Waals surface area contributed by atoms with Crippen LogP contribution >= 0.6 is 22.6 Å². The van der Waals surface area contributed by atoms with Gasteiger partial charge in [-0.3, -0.25) is 0 Å². The minimum atomic E-state index is 0.510. The van der Waals surface area contributed by atoms with E-state index in [0.717, 1.165) is 9.39 Å². The highest BCUT2D eigenvalue weighted by atomic mass is 127. The lowest BCUT2D eigenvalue weighted by Gasteiger charge is -1.95. The van der Waals surface area contributed by atoms with Crippen LogP contribution in [0.25, 0.3) is 0 Å². The van der Waals surface area contributed by atoms with E-state index >= 15 is 0 Å². The standard InChI is InChI=1S/C5H6IN3/c1-3-5(7)8-2-4(6)9-3/h2H,1H3,(H2,7,8). The van der Waals surface area contributed by atoms with Crippen LogP contribution in [-0.2, 0) is 0 Å². The van der Waals surface area contributed by atoms with Gasteiger partial charge in [-0.25, -0.2) is 9.97 Å². The number of aryl methyl sites for hydroxylation is 1. The molecule has 3 nitrogen and oxygen atoms in total. The Kier molecular flexibility index (Phi) is 1.84. The van der Waals surface area contributed by atoms with Crippen molar-refractivity contribution in [1.29, 1.82) is 0 Å². The Morgan fingerprint density at radius 1 is 1.67 bits per heavy atom. The Labute approximate surface area is 66.8 Å². The monoisotopic (exact) mass is 235 g/mol. The number of halogens is 1. The van der Waals surface area contributed by atoms with Gasteiger partial charge in [0.2, 0.25) is 0 Å². The first-order valence-corrected chi connectivity index (χ1v) is 3.52. The van der Waals surface area contributed by atoms with E-state index in [0.29, 0.717) is 5.82 Å². The minimum Gasteiger partial charge on any atom is -0.382 e. The van der Waals surface area contributed by atoms with E-state index in [2.05, 4.69) is 32.6 Å². The second-order valence-electron chi connectivity index (χ2n) is 1.66. The molecule has 4 heteroatoms. The molecule has 0 aromatic carbocycles. The SMILES string of the molecule is Cc1nc(I)cnc1N. The lowest BCUT2D eigenvalue weighted by molar-refractivity contribution is 1.10. The number of hydrogen-bond donors (Lipinski definition) is 1. The van der Waals surface area contributed by atoms with Crippen LogP contribution in [0.15, 0.2) is 6.20 Å². The molecule has 0 radical (unpaired) electrons. The molecule has 1 heterocycles. The molecule has 1 aromatic heterocycles. The van der Waals surface area contributed by atoms with E-state index in [4.69, 9.17) is 5.73 Å². The first kappa shape index (κ1) is 6.73. The number of aromatic nitrogens is 2. The zero-order chi connectivity index (χ0) is 6.85. The molecule has 1 rings (SSSR count). The Balaban J connectivity index is 3.17. The fourth-order valence-corrected chi connectivity index (χ4v) is 0.964. The van der Waals surface area contributed by atoms with Crippen molar-refractivity contribution in [3.63, 3.8) is 0 Å². The Bertz CT molecular complexity index is 223. The Morgan fingerprint density at radius 2 is 2.33 bits per heavy atom. The number of hydrogen-bond acceptors (Lipinski definition) is 3. The van der Waals surface area contributed by atoms with Gasteiger partial charge in [-0.2, -0.15) is 0 Å². The molecule has 0 atom stereocenters. The number of rotatable bonds is 0. The van der Waals surface area contributed by atoms with Crippen molar-refractivity contribution in [2.45, 2.75) is 6.92 Å². The first-order chi connectivity index (χ1) is 4.20. The molecule has 48 valence electrons. The number of nitrogens with zero attached hydrogens (tertiary/aromatic N) is 2. The topological polar surface area (TPSA) is 51.8 Å². The van der Waals surface area contributed by atoms with Gasteiger partial charge in [0, 0.05) is 0 Å². The molecule has 0 amide bonds. The summed E-state index contributed by atoms with van der Waals surface area (Å²) >= 11 is 2.09. The molecule has 9 heavy (non-hydrogen) atoms. The number of nitrogen functional groups attached to an aromatic ring is 1. The first-order valence-electron chi connectivity index (χ1n) is 2.45. The van der Waals surface area contributed by atoms with Crippen molar-refractivity contribution in [3.05, 3.63) is 15.6 Å². The van der Waals surface area contributed by atoms with Gasteiger partial charge in [0.25, 0.3) is 0 Å². The molecule has 0 aliphatic carbocycles. The van der Waals surface area contributed by atoms with Crippen molar-refractivity contribution >= 4 is 28.4 Å². The average molecular weight is 235 g/mol. The van der Waals surface area contributed by atoms with Gasteiger partial charge in [-0.1, -0.05) is 0 Å². The Hall–Kier alpha value is -0.390. The van der Waals surface area contributed by atoms with Crippen molar-refractivity contribution in [3.8, 4) is 0 Å². The lowest BCUT2D eigenvalue weighted by atomic mass is 10.5. The molecule has 0 bridgehead atoms. The van der Waals surface area contributed by atoms with E-state index < -0.39 is 0 Å². The molecule has 0 unspecified atom stereocenters. The molecule has 1 aromatic rings. The summed E-state index contributed by atoms with van der Waals surface area (Å²) in [5.41, 5.74) is 6.21. The van der Waals surface area contributed by atoms with E-state index in [1.807, 2.05) is 6.92 Å². The predicted molar refractivity (Wildman–Crippen MR) is 43.9 cm³/mol. The van der Waals surface area contributed by atoms with E-state index in [1.165, 1.54) is 0 Å². The molecular formula is C5H6IN3. The summed E-state index contributed by atoms with van der Waals surface area (Å²) in [5.74, 6) is 0.510. The van der Waals surface area contributed by atoms with Gasteiger partial charge < -0.3 is 5.73 Å². The maximum Gasteiger partial charge on any atom is 0.144 e. The summed E-state index contributed by atoms with van der Waals surface area (Å²) in [4.78, 5) is 7.96. The van der Waals surface area contributed by atoms with Crippen molar-refractivity contribution in [2.24, 2.45) is 0 Å². The maximum atomic E-state index is 5.41. The zero-order valence-electron chi connectivity index (χ0n) is 4.93. The molecule has 2 N–H and O–H groups in total. The third-order valence-corrected chi connectivity index (χ3v) is 1.48. The highest BCUT2D eigenvalue weighted by Gasteiger charge is 1.94. The predicted octanol–water partition coefficient (Wildman–Crippen LogP) is 0.972. The molecule has 0 fully saturated rings.